The molecule has 0 atom stereocenters. The van der Waals surface area contributed by atoms with E-state index in [4.69, 9.17) is 4.74 Å². The van der Waals surface area contributed by atoms with Crippen molar-refractivity contribution in [3.8, 4) is 5.75 Å². The minimum Gasteiger partial charge on any atom is -0.494 e. The van der Waals surface area contributed by atoms with E-state index < -0.39 is 44.0 Å². The van der Waals surface area contributed by atoms with Crippen molar-refractivity contribution in [1.29, 1.82) is 0 Å². The fraction of sp³-hybridized carbons (Fsp3) is 0.143. The van der Waals surface area contributed by atoms with Crippen LogP contribution in [0.2, 0.25) is 0 Å². The zero-order chi connectivity index (χ0) is 18.1. The summed E-state index contributed by atoms with van der Waals surface area (Å²) >= 11 is 0. The van der Waals surface area contributed by atoms with Gasteiger partial charge < -0.3 is 4.74 Å². The second-order valence-electron chi connectivity index (χ2n) is 4.47. The third-order valence-corrected chi connectivity index (χ3v) is 4.24. The van der Waals surface area contributed by atoms with E-state index in [1.807, 2.05) is 0 Å². The van der Waals surface area contributed by atoms with E-state index >= 15 is 0 Å². The second kappa shape index (κ2) is 6.63. The first kappa shape index (κ1) is 18.0. The summed E-state index contributed by atoms with van der Waals surface area (Å²) < 4.78 is 97.5. The highest BCUT2D eigenvalue weighted by Crippen LogP contribution is 2.28. The predicted molar refractivity (Wildman–Crippen MR) is 74.7 cm³/mol. The van der Waals surface area contributed by atoms with Gasteiger partial charge >= 0.3 is 0 Å². The molecule has 0 aliphatic carbocycles. The average molecular weight is 367 g/mol. The van der Waals surface area contributed by atoms with Gasteiger partial charge in [-0.25, -0.2) is 30.4 Å². The molecule has 0 aromatic heterocycles. The molecule has 0 fully saturated rings. The Hall–Kier alpha value is -2.36. The average Bonchev–Trinajstić information content (AvgIpc) is 2.51. The lowest BCUT2D eigenvalue weighted by Crippen LogP contribution is -2.19. The van der Waals surface area contributed by atoms with Crippen LogP contribution in [0.3, 0.4) is 0 Å². The van der Waals surface area contributed by atoms with E-state index in [9.17, 15) is 30.4 Å². The van der Waals surface area contributed by atoms with Gasteiger partial charge in [0.1, 0.15) is 5.75 Å². The SMILES string of the molecule is CCOc1cccc(NS(=O)(=O)c2c(F)c(F)c(F)c(F)c2F)c1. The lowest BCUT2D eigenvalue weighted by molar-refractivity contribution is 0.340. The van der Waals surface area contributed by atoms with Crippen molar-refractivity contribution in [2.24, 2.45) is 0 Å². The summed E-state index contributed by atoms with van der Waals surface area (Å²) in [4.78, 5) is -1.96. The fourth-order valence-electron chi connectivity index (χ4n) is 1.84. The minimum absolute atomic E-state index is 0.176. The van der Waals surface area contributed by atoms with Crippen LogP contribution in [0, 0.1) is 29.1 Å². The molecule has 0 aliphatic rings. The van der Waals surface area contributed by atoms with Crippen molar-refractivity contribution in [1.82, 2.24) is 0 Å². The molecule has 10 heteroatoms. The van der Waals surface area contributed by atoms with Crippen molar-refractivity contribution in [2.75, 3.05) is 11.3 Å². The Labute approximate surface area is 133 Å². The molecule has 0 saturated heterocycles. The third-order valence-electron chi connectivity index (χ3n) is 2.84. The number of nitrogens with one attached hydrogen (secondary N) is 1. The number of halogens is 5. The second-order valence-corrected chi connectivity index (χ2v) is 6.08. The summed E-state index contributed by atoms with van der Waals surface area (Å²) in [6, 6.07) is 5.26. The third kappa shape index (κ3) is 3.28. The van der Waals surface area contributed by atoms with Crippen LogP contribution in [0.5, 0.6) is 5.75 Å². The highest BCUT2D eigenvalue weighted by atomic mass is 32.2. The summed E-state index contributed by atoms with van der Waals surface area (Å²) in [7, 11) is -5.07. The summed E-state index contributed by atoms with van der Waals surface area (Å²) in [6.45, 7) is 1.94. The summed E-state index contributed by atoms with van der Waals surface area (Å²) in [6.07, 6.45) is 0. The summed E-state index contributed by atoms with van der Waals surface area (Å²) in [5.41, 5.74) is -0.176. The van der Waals surface area contributed by atoms with Gasteiger partial charge in [0.2, 0.25) is 5.82 Å². The molecule has 0 unspecified atom stereocenters. The molecule has 0 saturated carbocycles. The van der Waals surface area contributed by atoms with Crippen molar-refractivity contribution in [3.63, 3.8) is 0 Å². The standard InChI is InChI=1S/C14H10F5NO3S/c1-2-23-8-5-3-4-7(6-8)20-24(21,22)14-12(18)10(16)9(15)11(17)13(14)19/h3-6,20H,2H2,1H3. The zero-order valence-corrected chi connectivity index (χ0v) is 12.9. The molecule has 0 radical (unpaired) electrons. The predicted octanol–water partition coefficient (Wildman–Crippen LogP) is 3.58. The number of sulfonamides is 1. The molecule has 0 spiro atoms. The highest BCUT2D eigenvalue weighted by Gasteiger charge is 2.33. The van der Waals surface area contributed by atoms with Crippen LogP contribution in [-0.4, -0.2) is 15.0 Å². The number of hydrogen-bond acceptors (Lipinski definition) is 3. The molecule has 0 aliphatic heterocycles. The van der Waals surface area contributed by atoms with Gasteiger partial charge in [0, 0.05) is 6.07 Å². The maximum absolute atomic E-state index is 13.6. The van der Waals surface area contributed by atoms with Crippen LogP contribution in [-0.2, 0) is 10.0 Å². The first-order chi connectivity index (χ1) is 11.2. The van der Waals surface area contributed by atoms with E-state index in [0.29, 0.717) is 0 Å². The topological polar surface area (TPSA) is 55.4 Å². The summed E-state index contributed by atoms with van der Waals surface area (Å²) in [5.74, 6) is -11.8. The van der Waals surface area contributed by atoms with Gasteiger partial charge in [-0.05, 0) is 19.1 Å². The van der Waals surface area contributed by atoms with Gasteiger partial charge in [-0.3, -0.25) is 4.72 Å². The molecule has 2 aromatic carbocycles. The van der Waals surface area contributed by atoms with Crippen LogP contribution in [0.25, 0.3) is 0 Å². The zero-order valence-electron chi connectivity index (χ0n) is 12.0. The summed E-state index contributed by atoms with van der Waals surface area (Å²) in [5, 5.41) is 0. The Kier molecular flexibility index (Phi) is 4.97. The normalized spacial score (nSPS) is 11.4. The van der Waals surface area contributed by atoms with Crippen molar-refractivity contribution < 1.29 is 35.1 Å². The Morgan fingerprint density at radius 2 is 1.50 bits per heavy atom. The number of ether oxygens (including phenoxy) is 1. The van der Waals surface area contributed by atoms with Gasteiger partial charge in [0.15, 0.2) is 28.2 Å². The van der Waals surface area contributed by atoms with Crippen LogP contribution >= 0.6 is 0 Å². The molecule has 0 heterocycles. The van der Waals surface area contributed by atoms with Crippen LogP contribution in [0.15, 0.2) is 29.2 Å². The Bertz CT molecular complexity index is 857. The van der Waals surface area contributed by atoms with Crippen LogP contribution in [0.4, 0.5) is 27.6 Å². The Morgan fingerprint density at radius 1 is 0.958 bits per heavy atom. The smallest absolute Gasteiger partial charge is 0.267 e. The molecule has 2 rings (SSSR count). The van der Waals surface area contributed by atoms with Crippen molar-refractivity contribution >= 4 is 15.7 Å². The molecule has 24 heavy (non-hydrogen) atoms. The molecule has 1 N–H and O–H groups in total. The van der Waals surface area contributed by atoms with E-state index in [-0.39, 0.29) is 18.0 Å². The van der Waals surface area contributed by atoms with Crippen LogP contribution < -0.4 is 9.46 Å². The first-order valence-corrected chi connectivity index (χ1v) is 7.94. The maximum Gasteiger partial charge on any atom is 0.267 e. The van der Waals surface area contributed by atoms with Gasteiger partial charge in [0.25, 0.3) is 10.0 Å². The maximum atomic E-state index is 13.6. The number of anilines is 1. The van der Waals surface area contributed by atoms with Crippen molar-refractivity contribution in [2.45, 2.75) is 11.8 Å². The Morgan fingerprint density at radius 3 is 2.04 bits per heavy atom. The fourth-order valence-corrected chi connectivity index (χ4v) is 3.03. The molecule has 130 valence electrons. The van der Waals surface area contributed by atoms with Crippen LogP contribution in [0.1, 0.15) is 6.92 Å². The molecular formula is C14H10F5NO3S. The lowest BCUT2D eigenvalue weighted by atomic mass is 10.3. The molecule has 0 amide bonds. The number of benzene rings is 2. The highest BCUT2D eigenvalue weighted by molar-refractivity contribution is 7.92. The van der Waals surface area contributed by atoms with E-state index in [1.165, 1.54) is 24.3 Å². The largest absolute Gasteiger partial charge is 0.494 e. The monoisotopic (exact) mass is 367 g/mol. The quantitative estimate of drug-likeness (QED) is 0.499. The van der Waals surface area contributed by atoms with E-state index in [2.05, 4.69) is 0 Å². The lowest BCUT2D eigenvalue weighted by Gasteiger charge is -2.12. The van der Waals surface area contributed by atoms with E-state index in [1.54, 1.807) is 11.6 Å². The minimum atomic E-state index is -5.07. The van der Waals surface area contributed by atoms with E-state index in [0.717, 1.165) is 0 Å². The van der Waals surface area contributed by atoms with Gasteiger partial charge in [-0.2, -0.15) is 0 Å². The first-order valence-electron chi connectivity index (χ1n) is 6.46. The molecule has 0 bridgehead atoms. The van der Waals surface area contributed by atoms with Gasteiger partial charge in [-0.1, -0.05) is 6.07 Å². The number of hydrogen-bond donors (Lipinski definition) is 1. The molecule has 4 nitrogen and oxygen atoms in total. The molecular weight excluding hydrogens is 357 g/mol. The van der Waals surface area contributed by atoms with Gasteiger partial charge in [-0.15, -0.1) is 0 Å². The molecule has 2 aromatic rings. The number of rotatable bonds is 5. The Balaban J connectivity index is 2.51. The van der Waals surface area contributed by atoms with Gasteiger partial charge in [0.05, 0.1) is 12.3 Å². The van der Waals surface area contributed by atoms with Crippen molar-refractivity contribution in [3.05, 3.63) is 53.4 Å².